The van der Waals surface area contributed by atoms with Crippen LogP contribution in [0.5, 0.6) is 0 Å². The van der Waals surface area contributed by atoms with E-state index in [1.165, 1.54) is 24.8 Å². The molecule has 0 heterocycles. The second-order valence-electron chi connectivity index (χ2n) is 6.52. The van der Waals surface area contributed by atoms with Crippen LogP contribution in [0, 0.1) is 5.92 Å². The largest absolute Gasteiger partial charge is 0.396 e. The van der Waals surface area contributed by atoms with Gasteiger partial charge in [-0.2, -0.15) is 0 Å². The third-order valence-corrected chi connectivity index (χ3v) is 5.12. The molecule has 0 spiro atoms. The third kappa shape index (κ3) is 3.03. The van der Waals surface area contributed by atoms with E-state index in [0.717, 1.165) is 11.4 Å². The maximum absolute atomic E-state index is 9.39. The molecule has 3 heteroatoms. The van der Waals surface area contributed by atoms with Crippen LogP contribution in [0.25, 0.3) is 0 Å². The topological polar surface area (TPSA) is 23.5 Å². The molecule has 0 amide bonds. The smallest absolute Gasteiger partial charge is 0.0457 e. The first-order chi connectivity index (χ1) is 9.49. The zero-order valence-corrected chi connectivity index (χ0v) is 13.5. The minimum atomic E-state index is 0.234. The lowest BCUT2D eigenvalue weighted by Gasteiger charge is -2.51. The Kier molecular flexibility index (Phi) is 5.11. The first-order valence-electron chi connectivity index (χ1n) is 7.53. The van der Waals surface area contributed by atoms with E-state index < -0.39 is 0 Å². The molecular weight excluding hydrogens is 270 g/mol. The highest BCUT2D eigenvalue weighted by Gasteiger charge is 2.46. The number of nitrogens with zero attached hydrogens (tertiary/aromatic N) is 1. The number of halogens is 1. The lowest BCUT2D eigenvalue weighted by atomic mass is 9.58. The van der Waals surface area contributed by atoms with Crippen LogP contribution >= 0.6 is 11.6 Å². The summed E-state index contributed by atoms with van der Waals surface area (Å²) < 4.78 is 0. The van der Waals surface area contributed by atoms with E-state index in [-0.39, 0.29) is 12.0 Å². The SMILES string of the molecule is CC(CO)CC(N(C)C)C1(c2ccc(Cl)cc2)CCC1. The molecule has 2 unspecified atom stereocenters. The van der Waals surface area contributed by atoms with Gasteiger partial charge in [-0.3, -0.25) is 0 Å². The molecule has 112 valence electrons. The minimum Gasteiger partial charge on any atom is -0.396 e. The maximum atomic E-state index is 9.39. The molecule has 1 N–H and O–H groups in total. The highest BCUT2D eigenvalue weighted by Crippen LogP contribution is 2.49. The normalized spacial score (nSPS) is 20.5. The quantitative estimate of drug-likeness (QED) is 0.865. The predicted octanol–water partition coefficient (Wildman–Crippen LogP) is 3.71. The van der Waals surface area contributed by atoms with Crippen LogP contribution in [0.1, 0.15) is 38.2 Å². The summed E-state index contributed by atoms with van der Waals surface area (Å²) in [4.78, 5) is 2.33. The molecule has 0 saturated heterocycles. The van der Waals surface area contributed by atoms with Crippen molar-refractivity contribution in [3.63, 3.8) is 0 Å². The minimum absolute atomic E-state index is 0.234. The molecule has 1 aliphatic rings. The van der Waals surface area contributed by atoms with E-state index in [2.05, 4.69) is 38.1 Å². The molecule has 2 nitrogen and oxygen atoms in total. The number of aliphatic hydroxyl groups excluding tert-OH is 1. The van der Waals surface area contributed by atoms with Gasteiger partial charge < -0.3 is 10.0 Å². The molecule has 2 atom stereocenters. The van der Waals surface area contributed by atoms with E-state index in [9.17, 15) is 5.11 Å². The Bertz CT molecular complexity index is 425. The molecule has 1 fully saturated rings. The molecule has 1 aromatic carbocycles. The fourth-order valence-electron chi connectivity index (χ4n) is 3.54. The summed E-state index contributed by atoms with van der Waals surface area (Å²) >= 11 is 6.03. The Morgan fingerprint density at radius 1 is 1.25 bits per heavy atom. The zero-order valence-electron chi connectivity index (χ0n) is 12.8. The van der Waals surface area contributed by atoms with Gasteiger partial charge in [-0.15, -0.1) is 0 Å². The lowest BCUT2D eigenvalue weighted by molar-refractivity contribution is 0.0695. The van der Waals surface area contributed by atoms with Crippen molar-refractivity contribution < 1.29 is 5.11 Å². The summed E-state index contributed by atoms with van der Waals surface area (Å²) in [6, 6.07) is 8.83. The molecule has 1 aromatic rings. The zero-order chi connectivity index (χ0) is 14.8. The third-order valence-electron chi connectivity index (χ3n) is 4.86. The van der Waals surface area contributed by atoms with Crippen molar-refractivity contribution >= 4 is 11.6 Å². The van der Waals surface area contributed by atoms with Gasteiger partial charge in [-0.1, -0.05) is 37.1 Å². The van der Waals surface area contributed by atoms with Crippen LogP contribution in [0.3, 0.4) is 0 Å². The van der Waals surface area contributed by atoms with Gasteiger partial charge in [-0.05, 0) is 57.0 Å². The molecular formula is C17H26ClNO. The Balaban J connectivity index is 2.29. The highest BCUT2D eigenvalue weighted by atomic mass is 35.5. The van der Waals surface area contributed by atoms with E-state index in [1.807, 2.05) is 12.1 Å². The number of hydrogen-bond acceptors (Lipinski definition) is 2. The van der Waals surface area contributed by atoms with Crippen molar-refractivity contribution in [3.8, 4) is 0 Å². The van der Waals surface area contributed by atoms with Crippen LogP contribution in [0.4, 0.5) is 0 Å². The fourth-order valence-corrected chi connectivity index (χ4v) is 3.67. The number of benzene rings is 1. The average Bonchev–Trinajstić information content (AvgIpc) is 2.37. The molecule has 1 aliphatic carbocycles. The fraction of sp³-hybridized carbons (Fsp3) is 0.647. The van der Waals surface area contributed by atoms with Crippen molar-refractivity contribution in [1.29, 1.82) is 0 Å². The summed E-state index contributed by atoms with van der Waals surface area (Å²) in [6.45, 7) is 2.39. The van der Waals surface area contributed by atoms with Gasteiger partial charge in [0.05, 0.1) is 0 Å². The van der Waals surface area contributed by atoms with Crippen LogP contribution < -0.4 is 0 Å². The van der Waals surface area contributed by atoms with Crippen molar-refractivity contribution in [3.05, 3.63) is 34.9 Å². The predicted molar refractivity (Wildman–Crippen MR) is 85.3 cm³/mol. The Morgan fingerprint density at radius 3 is 2.25 bits per heavy atom. The van der Waals surface area contributed by atoms with E-state index in [4.69, 9.17) is 11.6 Å². The second-order valence-corrected chi connectivity index (χ2v) is 6.96. The summed E-state index contributed by atoms with van der Waals surface area (Å²) in [6.07, 6.45) is 4.79. The van der Waals surface area contributed by atoms with Crippen molar-refractivity contribution in [2.45, 2.75) is 44.1 Å². The second kappa shape index (κ2) is 6.46. The van der Waals surface area contributed by atoms with Gasteiger partial charge in [0, 0.05) is 23.1 Å². The van der Waals surface area contributed by atoms with Crippen molar-refractivity contribution in [1.82, 2.24) is 4.90 Å². The summed E-state index contributed by atoms with van der Waals surface area (Å²) in [5, 5.41) is 10.2. The van der Waals surface area contributed by atoms with Crippen molar-refractivity contribution in [2.24, 2.45) is 5.92 Å². The first kappa shape index (κ1) is 15.8. The van der Waals surface area contributed by atoms with Gasteiger partial charge in [0.15, 0.2) is 0 Å². The van der Waals surface area contributed by atoms with Crippen LogP contribution in [0.2, 0.25) is 5.02 Å². The van der Waals surface area contributed by atoms with Crippen molar-refractivity contribution in [2.75, 3.05) is 20.7 Å². The summed E-state index contributed by atoms with van der Waals surface area (Å²) in [5.41, 5.74) is 1.63. The number of hydrogen-bond donors (Lipinski definition) is 1. The molecule has 0 bridgehead atoms. The van der Waals surface area contributed by atoms with Crippen LogP contribution in [-0.2, 0) is 5.41 Å². The number of likely N-dealkylation sites (N-methyl/N-ethyl adjacent to an activating group) is 1. The summed E-state index contributed by atoms with van der Waals surface area (Å²) in [5.74, 6) is 0.340. The maximum Gasteiger partial charge on any atom is 0.0457 e. The molecule has 0 radical (unpaired) electrons. The Morgan fingerprint density at radius 2 is 1.85 bits per heavy atom. The van der Waals surface area contributed by atoms with Crippen LogP contribution in [0.15, 0.2) is 24.3 Å². The number of rotatable bonds is 6. The molecule has 0 aliphatic heterocycles. The molecule has 2 rings (SSSR count). The van der Waals surface area contributed by atoms with Gasteiger partial charge in [0.25, 0.3) is 0 Å². The molecule has 0 aromatic heterocycles. The first-order valence-corrected chi connectivity index (χ1v) is 7.91. The van der Waals surface area contributed by atoms with Gasteiger partial charge in [0.2, 0.25) is 0 Å². The van der Waals surface area contributed by atoms with E-state index in [0.29, 0.717) is 12.0 Å². The van der Waals surface area contributed by atoms with Gasteiger partial charge in [-0.25, -0.2) is 0 Å². The van der Waals surface area contributed by atoms with Gasteiger partial charge in [0.1, 0.15) is 0 Å². The van der Waals surface area contributed by atoms with E-state index in [1.54, 1.807) is 0 Å². The standard InChI is InChI=1S/C17H26ClNO/c1-13(12-20)11-16(19(2)3)17(9-4-10-17)14-5-7-15(18)8-6-14/h5-8,13,16,20H,4,9-12H2,1-3H3. The summed E-state index contributed by atoms with van der Waals surface area (Å²) in [7, 11) is 4.31. The molecule has 20 heavy (non-hydrogen) atoms. The Labute approximate surface area is 127 Å². The average molecular weight is 296 g/mol. The lowest BCUT2D eigenvalue weighted by Crippen LogP contribution is -2.53. The Hall–Kier alpha value is -0.570. The van der Waals surface area contributed by atoms with Crippen LogP contribution in [-0.4, -0.2) is 36.8 Å². The number of aliphatic hydroxyl groups is 1. The van der Waals surface area contributed by atoms with Gasteiger partial charge >= 0.3 is 0 Å². The highest BCUT2D eigenvalue weighted by molar-refractivity contribution is 6.30. The monoisotopic (exact) mass is 295 g/mol. The van der Waals surface area contributed by atoms with E-state index >= 15 is 0 Å². The molecule has 1 saturated carbocycles.